The minimum Gasteiger partial charge on any atom is -0.467 e. The lowest BCUT2D eigenvalue weighted by molar-refractivity contribution is 0.0356. The van der Waals surface area contributed by atoms with Crippen LogP contribution in [0.1, 0.15) is 49.8 Å². The van der Waals surface area contributed by atoms with Gasteiger partial charge in [0, 0.05) is 11.3 Å². The number of hydrogen-bond acceptors (Lipinski definition) is 4. The first kappa shape index (κ1) is 13.9. The smallest absolute Gasteiger partial charge is 0.148 e. The van der Waals surface area contributed by atoms with Crippen molar-refractivity contribution in [3.8, 4) is 0 Å². The van der Waals surface area contributed by atoms with Crippen molar-refractivity contribution in [3.05, 3.63) is 53.5 Å². The van der Waals surface area contributed by atoms with Crippen LogP contribution in [0.2, 0.25) is 0 Å². The predicted molar refractivity (Wildman–Crippen MR) is 83.8 cm³/mol. The van der Waals surface area contributed by atoms with Gasteiger partial charge < -0.3 is 19.2 Å². The Morgan fingerprint density at radius 3 is 2.73 bits per heavy atom. The first-order chi connectivity index (χ1) is 10.5. The van der Waals surface area contributed by atoms with Gasteiger partial charge >= 0.3 is 0 Å². The highest BCUT2D eigenvalue weighted by Gasteiger charge is 2.44. The summed E-state index contributed by atoms with van der Waals surface area (Å²) in [6.07, 6.45) is 1.59. The number of fused-ring (bicyclic) bond motifs is 3. The lowest BCUT2D eigenvalue weighted by Gasteiger charge is -2.34. The molecule has 0 saturated carbocycles. The Hall–Kier alpha value is -1.78. The summed E-state index contributed by atoms with van der Waals surface area (Å²) in [6.45, 7) is 6.99. The summed E-state index contributed by atoms with van der Waals surface area (Å²) >= 11 is 0. The third-order valence-electron chi connectivity index (χ3n) is 4.52. The van der Waals surface area contributed by atoms with E-state index in [-0.39, 0.29) is 23.7 Å². The molecule has 3 unspecified atom stereocenters. The third kappa shape index (κ3) is 2.14. The summed E-state index contributed by atoms with van der Waals surface area (Å²) in [5.41, 5.74) is 3.69. The van der Waals surface area contributed by atoms with Gasteiger partial charge in [-0.2, -0.15) is 0 Å². The quantitative estimate of drug-likeness (QED) is 0.858. The van der Waals surface area contributed by atoms with Gasteiger partial charge in [0.15, 0.2) is 0 Å². The van der Waals surface area contributed by atoms with Crippen LogP contribution in [0.15, 0.2) is 41.0 Å². The molecule has 1 N–H and O–H groups in total. The highest BCUT2D eigenvalue weighted by Crippen LogP contribution is 2.46. The molecule has 4 rings (SSSR count). The fourth-order valence-electron chi connectivity index (χ4n) is 3.26. The molecular formula is C18H21NO3. The second kappa shape index (κ2) is 4.86. The van der Waals surface area contributed by atoms with Crippen LogP contribution in [0.25, 0.3) is 0 Å². The molecule has 2 aliphatic heterocycles. The molecule has 1 aromatic heterocycles. The monoisotopic (exact) mass is 299 g/mol. The molecule has 1 aromatic carbocycles. The zero-order valence-electron chi connectivity index (χ0n) is 13.1. The summed E-state index contributed by atoms with van der Waals surface area (Å²) in [5.74, 6) is 0.881. The molecule has 0 spiro atoms. The number of hydrogen-bond donors (Lipinski definition) is 1. The SMILES string of the molecule is CC(C)(C)c1ccc2c(c1)C1OCOC1C(c1ccco1)N2. The molecule has 2 aliphatic rings. The fraction of sp³-hybridized carbons (Fsp3) is 0.444. The van der Waals surface area contributed by atoms with E-state index < -0.39 is 0 Å². The van der Waals surface area contributed by atoms with Gasteiger partial charge in [0.05, 0.1) is 6.26 Å². The van der Waals surface area contributed by atoms with Gasteiger partial charge in [-0.15, -0.1) is 0 Å². The van der Waals surface area contributed by atoms with Crippen LogP contribution in [0, 0.1) is 0 Å². The molecule has 3 heterocycles. The highest BCUT2D eigenvalue weighted by atomic mass is 16.7. The molecule has 1 saturated heterocycles. The van der Waals surface area contributed by atoms with E-state index in [1.54, 1.807) is 6.26 Å². The van der Waals surface area contributed by atoms with E-state index in [0.717, 1.165) is 11.4 Å². The van der Waals surface area contributed by atoms with Gasteiger partial charge in [-0.1, -0.05) is 32.9 Å². The average Bonchev–Trinajstić information content (AvgIpc) is 3.16. The fourth-order valence-corrected chi connectivity index (χ4v) is 3.26. The van der Waals surface area contributed by atoms with Gasteiger partial charge in [-0.25, -0.2) is 0 Å². The zero-order valence-corrected chi connectivity index (χ0v) is 13.1. The van der Waals surface area contributed by atoms with Gasteiger partial charge in [0.2, 0.25) is 0 Å². The maximum Gasteiger partial charge on any atom is 0.148 e. The summed E-state index contributed by atoms with van der Waals surface area (Å²) in [4.78, 5) is 0. The van der Waals surface area contributed by atoms with Crippen LogP contribution >= 0.6 is 0 Å². The van der Waals surface area contributed by atoms with Gasteiger partial charge in [0.1, 0.15) is 30.8 Å². The first-order valence-corrected chi connectivity index (χ1v) is 7.71. The second-order valence-electron chi connectivity index (χ2n) is 7.03. The molecule has 0 radical (unpaired) electrons. The lowest BCUT2D eigenvalue weighted by atomic mass is 9.83. The van der Waals surface area contributed by atoms with Gasteiger partial charge in [-0.3, -0.25) is 0 Å². The summed E-state index contributed by atoms with van der Waals surface area (Å²) in [6, 6.07) is 10.4. The normalized spacial score (nSPS) is 27.1. The van der Waals surface area contributed by atoms with Crippen LogP contribution in [0.4, 0.5) is 5.69 Å². The maximum atomic E-state index is 5.88. The van der Waals surface area contributed by atoms with Crippen LogP contribution < -0.4 is 5.32 Å². The van der Waals surface area contributed by atoms with Crippen molar-refractivity contribution in [2.45, 2.75) is 44.4 Å². The maximum absolute atomic E-state index is 5.88. The van der Waals surface area contributed by atoms with Gasteiger partial charge in [-0.05, 0) is 29.2 Å². The molecule has 3 atom stereocenters. The van der Waals surface area contributed by atoms with Crippen LogP contribution in [-0.4, -0.2) is 12.9 Å². The molecule has 1 fully saturated rings. The standard InChI is InChI=1S/C18H21NO3/c1-18(2,3)11-6-7-13-12(9-11)16-17(22-10-21-16)15(19-13)14-5-4-8-20-14/h4-9,15-17,19H,10H2,1-3H3. The van der Waals surface area contributed by atoms with Crippen LogP contribution in [0.3, 0.4) is 0 Å². The number of anilines is 1. The molecule has 0 bridgehead atoms. The summed E-state index contributed by atoms with van der Waals surface area (Å²) < 4.78 is 17.3. The lowest BCUT2D eigenvalue weighted by Crippen LogP contribution is -2.34. The van der Waals surface area contributed by atoms with Crippen LogP contribution in [0.5, 0.6) is 0 Å². The molecule has 4 heteroatoms. The van der Waals surface area contributed by atoms with Crippen LogP contribution in [-0.2, 0) is 14.9 Å². The average molecular weight is 299 g/mol. The third-order valence-corrected chi connectivity index (χ3v) is 4.52. The minimum atomic E-state index is -0.0612. The van der Waals surface area contributed by atoms with E-state index in [9.17, 15) is 0 Å². The molecular weight excluding hydrogens is 278 g/mol. The van der Waals surface area contributed by atoms with Crippen molar-refractivity contribution in [2.75, 3.05) is 12.1 Å². The number of nitrogens with one attached hydrogen (secondary N) is 1. The molecule has 2 aromatic rings. The van der Waals surface area contributed by atoms with E-state index in [2.05, 4.69) is 44.3 Å². The summed E-state index contributed by atoms with van der Waals surface area (Å²) in [5, 5.41) is 3.55. The predicted octanol–water partition coefficient (Wildman–Crippen LogP) is 4.16. The number of benzene rings is 1. The number of ether oxygens (including phenoxy) is 2. The topological polar surface area (TPSA) is 43.6 Å². The number of furan rings is 1. The molecule has 22 heavy (non-hydrogen) atoms. The van der Waals surface area contributed by atoms with Gasteiger partial charge in [0.25, 0.3) is 0 Å². The van der Waals surface area contributed by atoms with E-state index in [1.165, 1.54) is 11.1 Å². The van der Waals surface area contributed by atoms with E-state index >= 15 is 0 Å². The Bertz CT molecular complexity index is 672. The first-order valence-electron chi connectivity index (χ1n) is 7.71. The Morgan fingerprint density at radius 2 is 2.00 bits per heavy atom. The van der Waals surface area contributed by atoms with Crippen molar-refractivity contribution >= 4 is 5.69 Å². The van der Waals surface area contributed by atoms with Crippen molar-refractivity contribution in [1.82, 2.24) is 0 Å². The van der Waals surface area contributed by atoms with Crippen molar-refractivity contribution < 1.29 is 13.9 Å². The zero-order chi connectivity index (χ0) is 15.3. The van der Waals surface area contributed by atoms with E-state index in [1.807, 2.05) is 12.1 Å². The van der Waals surface area contributed by atoms with Crippen molar-refractivity contribution in [1.29, 1.82) is 0 Å². The largest absolute Gasteiger partial charge is 0.467 e. The van der Waals surface area contributed by atoms with Crippen molar-refractivity contribution in [3.63, 3.8) is 0 Å². The Balaban J connectivity index is 1.77. The Kier molecular flexibility index (Phi) is 3.06. The molecule has 0 aliphatic carbocycles. The van der Waals surface area contributed by atoms with Crippen molar-refractivity contribution in [2.24, 2.45) is 0 Å². The number of rotatable bonds is 1. The van der Waals surface area contributed by atoms with E-state index in [0.29, 0.717) is 6.79 Å². The molecule has 0 amide bonds. The molecule has 4 nitrogen and oxygen atoms in total. The van der Waals surface area contributed by atoms with E-state index in [4.69, 9.17) is 13.9 Å². The highest BCUT2D eigenvalue weighted by molar-refractivity contribution is 5.59. The second-order valence-corrected chi connectivity index (χ2v) is 7.03. The Labute approximate surface area is 130 Å². The molecule has 116 valence electrons. The summed E-state index contributed by atoms with van der Waals surface area (Å²) in [7, 11) is 0. The minimum absolute atomic E-state index is 0.0181. The Morgan fingerprint density at radius 1 is 1.14 bits per heavy atom.